The maximum atomic E-state index is 13.8. The highest BCUT2D eigenvalue weighted by molar-refractivity contribution is 5.81. The van der Waals surface area contributed by atoms with Crippen LogP contribution in [-0.4, -0.2) is 52.8 Å². The Balaban J connectivity index is 1.71. The number of nitrogens with zero attached hydrogens (tertiary/aromatic N) is 3. The van der Waals surface area contributed by atoms with Crippen molar-refractivity contribution in [1.82, 2.24) is 14.7 Å². The maximum Gasteiger partial charge on any atom is 0.416 e. The van der Waals surface area contributed by atoms with Crippen LogP contribution in [0.15, 0.2) is 36.4 Å². The van der Waals surface area contributed by atoms with Gasteiger partial charge < -0.3 is 14.7 Å². The number of fused-ring (bicyclic) bond motifs is 1. The average molecular weight is 542 g/mol. The van der Waals surface area contributed by atoms with Gasteiger partial charge in [0.1, 0.15) is 0 Å². The van der Waals surface area contributed by atoms with Gasteiger partial charge in [-0.2, -0.15) is 26.3 Å². The van der Waals surface area contributed by atoms with Crippen LogP contribution in [0.4, 0.5) is 31.1 Å². The van der Waals surface area contributed by atoms with Crippen LogP contribution in [0.1, 0.15) is 65.2 Å². The second-order valence-corrected chi connectivity index (χ2v) is 10.0. The fraction of sp³-hybridized carbons (Fsp3) is 0.481. The summed E-state index contributed by atoms with van der Waals surface area (Å²) in [6.45, 7) is 5.76. The molecule has 2 fully saturated rings. The Hall–Kier alpha value is -3.24. The van der Waals surface area contributed by atoms with Gasteiger partial charge in [0.05, 0.1) is 29.3 Å². The number of amides is 3. The minimum atomic E-state index is -4.99. The van der Waals surface area contributed by atoms with E-state index in [1.807, 2.05) is 32.0 Å². The van der Waals surface area contributed by atoms with Crippen LogP contribution >= 0.6 is 0 Å². The molecule has 4 rings (SSSR count). The van der Waals surface area contributed by atoms with Gasteiger partial charge in [0.2, 0.25) is 5.91 Å². The molecule has 0 bridgehead atoms. The number of hydrogen-bond donors (Lipinski definition) is 0. The van der Waals surface area contributed by atoms with Crippen molar-refractivity contribution in [2.45, 2.75) is 64.1 Å². The Kier molecular flexibility index (Phi) is 7.18. The first-order valence-electron chi connectivity index (χ1n) is 12.3. The predicted octanol–water partition coefficient (Wildman–Crippen LogP) is 6.50. The van der Waals surface area contributed by atoms with E-state index in [1.54, 1.807) is 9.80 Å². The monoisotopic (exact) mass is 541 g/mol. The Morgan fingerprint density at radius 2 is 1.61 bits per heavy atom. The summed E-state index contributed by atoms with van der Waals surface area (Å²) in [7, 11) is 1.37. The lowest BCUT2D eigenvalue weighted by atomic mass is 9.89. The number of aryl methyl sites for hydroxylation is 1. The summed E-state index contributed by atoms with van der Waals surface area (Å²) in [6, 6.07) is 4.69. The van der Waals surface area contributed by atoms with Gasteiger partial charge in [-0.3, -0.25) is 4.79 Å². The van der Waals surface area contributed by atoms with Gasteiger partial charge in [-0.25, -0.2) is 4.79 Å². The molecule has 2 heterocycles. The lowest BCUT2D eigenvalue weighted by molar-refractivity contribution is -0.143. The average Bonchev–Trinajstić information content (AvgIpc) is 3.23. The molecule has 3 unspecified atom stereocenters. The highest BCUT2D eigenvalue weighted by Gasteiger charge is 2.46. The third-order valence-corrected chi connectivity index (χ3v) is 7.84. The van der Waals surface area contributed by atoms with Gasteiger partial charge in [0.25, 0.3) is 0 Å². The second kappa shape index (κ2) is 9.81. The highest BCUT2D eigenvalue weighted by Crippen LogP contribution is 2.41. The number of alkyl halides is 6. The van der Waals surface area contributed by atoms with Gasteiger partial charge >= 0.3 is 18.4 Å². The molecule has 0 spiro atoms. The molecule has 3 amide bonds. The van der Waals surface area contributed by atoms with Crippen molar-refractivity contribution in [1.29, 1.82) is 0 Å². The van der Waals surface area contributed by atoms with Crippen molar-refractivity contribution in [2.75, 3.05) is 20.1 Å². The fourth-order valence-electron chi connectivity index (χ4n) is 5.43. The van der Waals surface area contributed by atoms with Crippen molar-refractivity contribution < 1.29 is 35.9 Å². The van der Waals surface area contributed by atoms with Crippen LogP contribution in [0, 0.1) is 13.8 Å². The molecule has 38 heavy (non-hydrogen) atoms. The number of carbonyl (C=O) groups is 2. The van der Waals surface area contributed by atoms with Crippen LogP contribution in [0.5, 0.6) is 0 Å². The molecule has 2 saturated heterocycles. The summed E-state index contributed by atoms with van der Waals surface area (Å²) in [5.74, 6) is 0.00257. The van der Waals surface area contributed by atoms with Crippen molar-refractivity contribution in [3.63, 3.8) is 0 Å². The van der Waals surface area contributed by atoms with E-state index < -0.39 is 41.6 Å². The molecule has 2 aromatic carbocycles. The van der Waals surface area contributed by atoms with Crippen molar-refractivity contribution >= 4 is 11.9 Å². The SMILES string of the molecule is Cc1cccc(C2C3CCC(=O)N3CCN2C(=O)N(C)C(C)c2cc(C(F)(F)F)cc(C(F)(F)F)c2)c1C. The summed E-state index contributed by atoms with van der Waals surface area (Å²) < 4.78 is 80.6. The molecule has 5 nitrogen and oxygen atoms in total. The molecule has 3 atom stereocenters. The largest absolute Gasteiger partial charge is 0.416 e. The van der Waals surface area contributed by atoms with E-state index in [4.69, 9.17) is 0 Å². The van der Waals surface area contributed by atoms with Crippen LogP contribution in [-0.2, 0) is 17.1 Å². The number of piperazine rings is 1. The summed E-state index contributed by atoms with van der Waals surface area (Å²) >= 11 is 0. The van der Waals surface area contributed by atoms with E-state index in [-0.39, 0.29) is 30.1 Å². The number of benzene rings is 2. The molecule has 0 radical (unpaired) electrons. The zero-order valence-corrected chi connectivity index (χ0v) is 21.5. The third-order valence-electron chi connectivity index (χ3n) is 7.84. The van der Waals surface area contributed by atoms with E-state index in [0.717, 1.165) is 16.7 Å². The first-order chi connectivity index (χ1) is 17.6. The molecular formula is C27H29F6N3O2. The molecule has 11 heteroatoms. The van der Waals surface area contributed by atoms with Gasteiger partial charge in [0.15, 0.2) is 0 Å². The number of carbonyl (C=O) groups excluding carboxylic acids is 2. The topological polar surface area (TPSA) is 43.9 Å². The van der Waals surface area contributed by atoms with Gasteiger partial charge in [-0.15, -0.1) is 0 Å². The zero-order valence-electron chi connectivity index (χ0n) is 21.5. The lowest BCUT2D eigenvalue weighted by Crippen LogP contribution is -2.57. The summed E-state index contributed by atoms with van der Waals surface area (Å²) in [6.07, 6.45) is -9.08. The van der Waals surface area contributed by atoms with Gasteiger partial charge in [-0.05, 0) is 67.6 Å². The quantitative estimate of drug-likeness (QED) is 0.417. The first-order valence-corrected chi connectivity index (χ1v) is 12.3. The van der Waals surface area contributed by atoms with E-state index in [0.29, 0.717) is 31.5 Å². The third kappa shape index (κ3) is 5.07. The molecule has 0 aliphatic carbocycles. The fourth-order valence-corrected chi connectivity index (χ4v) is 5.43. The highest BCUT2D eigenvalue weighted by atomic mass is 19.4. The number of halogens is 6. The summed E-state index contributed by atoms with van der Waals surface area (Å²) in [5.41, 5.74) is -0.312. The van der Waals surface area contributed by atoms with Gasteiger partial charge in [-0.1, -0.05) is 18.2 Å². The first kappa shape index (κ1) is 27.8. The van der Waals surface area contributed by atoms with E-state index in [9.17, 15) is 35.9 Å². The van der Waals surface area contributed by atoms with E-state index in [1.165, 1.54) is 18.9 Å². The maximum absolute atomic E-state index is 13.8. The lowest BCUT2D eigenvalue weighted by Gasteiger charge is -2.47. The van der Waals surface area contributed by atoms with Gasteiger partial charge in [0, 0.05) is 26.6 Å². The zero-order chi connectivity index (χ0) is 28.2. The molecular weight excluding hydrogens is 512 g/mol. The normalized spacial score (nSPS) is 20.9. The van der Waals surface area contributed by atoms with Crippen LogP contribution in [0.2, 0.25) is 0 Å². The Bertz CT molecular complexity index is 1210. The molecule has 0 aromatic heterocycles. The minimum absolute atomic E-state index is 0.00257. The summed E-state index contributed by atoms with van der Waals surface area (Å²) in [4.78, 5) is 30.9. The van der Waals surface area contributed by atoms with E-state index >= 15 is 0 Å². The molecule has 0 saturated carbocycles. The van der Waals surface area contributed by atoms with Crippen molar-refractivity contribution in [3.8, 4) is 0 Å². The Labute approximate surface area is 217 Å². The number of urea groups is 1. The molecule has 206 valence electrons. The number of rotatable bonds is 3. The standard InChI is InChI=1S/C27H29F6N3O2/c1-15-6-5-7-21(16(15)2)24-22-8-9-23(37)35(22)10-11-36(24)25(38)34(4)17(3)18-12-19(26(28,29)30)14-20(13-18)27(31,32)33/h5-7,12-14,17,22,24H,8-11H2,1-4H3. The van der Waals surface area contributed by atoms with Crippen LogP contribution in [0.3, 0.4) is 0 Å². The molecule has 2 aliphatic rings. The number of hydrogen-bond acceptors (Lipinski definition) is 2. The van der Waals surface area contributed by atoms with Crippen molar-refractivity contribution in [2.24, 2.45) is 0 Å². The van der Waals surface area contributed by atoms with Crippen molar-refractivity contribution in [3.05, 3.63) is 69.8 Å². The minimum Gasteiger partial charge on any atom is -0.335 e. The predicted molar refractivity (Wildman–Crippen MR) is 128 cm³/mol. The van der Waals surface area contributed by atoms with Crippen LogP contribution < -0.4 is 0 Å². The van der Waals surface area contributed by atoms with Crippen LogP contribution in [0.25, 0.3) is 0 Å². The second-order valence-electron chi connectivity index (χ2n) is 10.0. The van der Waals surface area contributed by atoms with E-state index in [2.05, 4.69) is 0 Å². The molecule has 0 N–H and O–H groups in total. The molecule has 2 aromatic rings. The Morgan fingerprint density at radius 3 is 2.18 bits per heavy atom. The molecule has 2 aliphatic heterocycles. The smallest absolute Gasteiger partial charge is 0.335 e. The summed E-state index contributed by atoms with van der Waals surface area (Å²) in [5, 5.41) is 0. The Morgan fingerprint density at radius 1 is 1.00 bits per heavy atom.